The lowest BCUT2D eigenvalue weighted by atomic mass is 10.2. The molecule has 0 aliphatic carbocycles. The molecule has 0 spiro atoms. The highest BCUT2D eigenvalue weighted by molar-refractivity contribution is 5.81. The van der Waals surface area contributed by atoms with E-state index < -0.39 is 18.1 Å². The van der Waals surface area contributed by atoms with Crippen molar-refractivity contribution in [2.24, 2.45) is 0 Å². The number of carbonyl (C=O) groups is 2. The van der Waals surface area contributed by atoms with Gasteiger partial charge in [-0.25, -0.2) is 9.59 Å². The zero-order valence-electron chi connectivity index (χ0n) is 10.1. The van der Waals surface area contributed by atoms with E-state index in [1.807, 2.05) is 19.1 Å². The molecule has 1 unspecified atom stereocenters. The van der Waals surface area contributed by atoms with Crippen LogP contribution in [0.1, 0.15) is 18.4 Å². The van der Waals surface area contributed by atoms with Gasteiger partial charge in [-0.1, -0.05) is 17.7 Å². The third-order valence-corrected chi connectivity index (χ3v) is 3.00. The standard InChI is InChI=1S/C13H15NO4/c1-9-4-6-10(7-5-9)18-13(17)14-8-2-3-11(14)12(15)16/h4-7,11H,2-3,8H2,1H3,(H,15,16). The Kier molecular flexibility index (Phi) is 3.50. The van der Waals surface area contributed by atoms with Crippen LogP contribution in [0.4, 0.5) is 4.79 Å². The second kappa shape index (κ2) is 5.08. The van der Waals surface area contributed by atoms with Gasteiger partial charge in [-0.2, -0.15) is 0 Å². The van der Waals surface area contributed by atoms with Crippen molar-refractivity contribution in [3.63, 3.8) is 0 Å². The highest BCUT2D eigenvalue weighted by Gasteiger charge is 2.35. The van der Waals surface area contributed by atoms with Crippen molar-refractivity contribution in [2.75, 3.05) is 6.54 Å². The summed E-state index contributed by atoms with van der Waals surface area (Å²) in [5.41, 5.74) is 1.07. The third-order valence-electron chi connectivity index (χ3n) is 3.00. The highest BCUT2D eigenvalue weighted by atomic mass is 16.6. The molecule has 1 aliphatic rings. The fraction of sp³-hybridized carbons (Fsp3) is 0.385. The lowest BCUT2D eigenvalue weighted by molar-refractivity contribution is -0.141. The van der Waals surface area contributed by atoms with Crippen molar-refractivity contribution in [2.45, 2.75) is 25.8 Å². The number of carbonyl (C=O) groups excluding carboxylic acids is 1. The molecule has 0 aromatic heterocycles. The number of hydrogen-bond acceptors (Lipinski definition) is 3. The van der Waals surface area contributed by atoms with Crippen LogP contribution in [0.25, 0.3) is 0 Å². The van der Waals surface area contributed by atoms with Gasteiger partial charge in [0.25, 0.3) is 0 Å². The van der Waals surface area contributed by atoms with Gasteiger partial charge in [-0.05, 0) is 31.9 Å². The molecule has 2 rings (SSSR count). The Bertz CT molecular complexity index is 455. The SMILES string of the molecule is Cc1ccc(OC(=O)N2CCCC2C(=O)O)cc1. The van der Waals surface area contributed by atoms with E-state index in [0.717, 1.165) is 5.56 Å². The minimum atomic E-state index is -0.978. The molecule has 1 aliphatic heterocycles. The summed E-state index contributed by atoms with van der Waals surface area (Å²) in [6, 6.07) is 6.30. The normalized spacial score (nSPS) is 18.7. The molecule has 1 amide bonds. The maximum Gasteiger partial charge on any atom is 0.415 e. The smallest absolute Gasteiger partial charge is 0.415 e. The van der Waals surface area contributed by atoms with Crippen molar-refractivity contribution in [1.29, 1.82) is 0 Å². The Balaban J connectivity index is 2.03. The van der Waals surface area contributed by atoms with E-state index in [1.165, 1.54) is 4.90 Å². The van der Waals surface area contributed by atoms with E-state index in [9.17, 15) is 9.59 Å². The lowest BCUT2D eigenvalue weighted by Crippen LogP contribution is -2.41. The summed E-state index contributed by atoms with van der Waals surface area (Å²) in [6.07, 6.45) is 0.585. The third kappa shape index (κ3) is 2.61. The monoisotopic (exact) mass is 249 g/mol. The summed E-state index contributed by atoms with van der Waals surface area (Å²) < 4.78 is 5.16. The van der Waals surface area contributed by atoms with Crippen molar-refractivity contribution in [1.82, 2.24) is 4.90 Å². The van der Waals surface area contributed by atoms with Crippen molar-refractivity contribution < 1.29 is 19.4 Å². The predicted octanol–water partition coefficient (Wildman–Crippen LogP) is 2.04. The summed E-state index contributed by atoms with van der Waals surface area (Å²) in [6.45, 7) is 2.37. The molecule has 1 fully saturated rings. The molecule has 0 radical (unpaired) electrons. The molecule has 1 atom stereocenters. The Hall–Kier alpha value is -2.04. The Morgan fingerprint density at radius 3 is 2.61 bits per heavy atom. The van der Waals surface area contributed by atoms with Gasteiger partial charge >= 0.3 is 12.1 Å². The maximum atomic E-state index is 11.9. The average Bonchev–Trinajstić information content (AvgIpc) is 2.81. The van der Waals surface area contributed by atoms with Crippen molar-refractivity contribution in [3.05, 3.63) is 29.8 Å². The average molecular weight is 249 g/mol. The van der Waals surface area contributed by atoms with E-state index >= 15 is 0 Å². The summed E-state index contributed by atoms with van der Waals surface area (Å²) in [5, 5.41) is 8.99. The van der Waals surface area contributed by atoms with E-state index in [2.05, 4.69) is 0 Å². The number of likely N-dealkylation sites (tertiary alicyclic amines) is 1. The first-order valence-electron chi connectivity index (χ1n) is 5.86. The first-order valence-corrected chi connectivity index (χ1v) is 5.86. The number of nitrogens with zero attached hydrogens (tertiary/aromatic N) is 1. The number of hydrogen-bond donors (Lipinski definition) is 1. The Morgan fingerprint density at radius 1 is 1.33 bits per heavy atom. The summed E-state index contributed by atoms with van der Waals surface area (Å²) in [5.74, 6) is -0.546. The van der Waals surface area contributed by atoms with Crippen LogP contribution in [-0.2, 0) is 4.79 Å². The summed E-state index contributed by atoms with van der Waals surface area (Å²) in [7, 11) is 0. The van der Waals surface area contributed by atoms with Crippen LogP contribution in [0, 0.1) is 6.92 Å². The van der Waals surface area contributed by atoms with E-state index in [1.54, 1.807) is 12.1 Å². The molecule has 96 valence electrons. The van der Waals surface area contributed by atoms with Gasteiger partial charge in [-0.15, -0.1) is 0 Å². The maximum absolute atomic E-state index is 11.9. The summed E-state index contributed by atoms with van der Waals surface area (Å²) in [4.78, 5) is 24.1. The van der Waals surface area contributed by atoms with Gasteiger partial charge < -0.3 is 9.84 Å². The topological polar surface area (TPSA) is 66.8 Å². The van der Waals surface area contributed by atoms with Gasteiger partial charge in [0, 0.05) is 6.54 Å². The minimum absolute atomic E-state index is 0.432. The number of aryl methyl sites for hydroxylation is 1. The largest absolute Gasteiger partial charge is 0.480 e. The van der Waals surface area contributed by atoms with Crippen LogP contribution >= 0.6 is 0 Å². The van der Waals surface area contributed by atoms with Gasteiger partial charge in [0.1, 0.15) is 11.8 Å². The molecule has 5 nitrogen and oxygen atoms in total. The quantitative estimate of drug-likeness (QED) is 0.871. The molecule has 0 bridgehead atoms. The lowest BCUT2D eigenvalue weighted by Gasteiger charge is -2.20. The zero-order valence-corrected chi connectivity index (χ0v) is 10.1. The summed E-state index contributed by atoms with van der Waals surface area (Å²) >= 11 is 0. The molecule has 0 saturated carbocycles. The van der Waals surface area contributed by atoms with Crippen LogP contribution in [0.3, 0.4) is 0 Å². The number of aliphatic carboxylic acids is 1. The fourth-order valence-electron chi connectivity index (χ4n) is 2.01. The predicted molar refractivity (Wildman–Crippen MR) is 64.6 cm³/mol. The Morgan fingerprint density at radius 2 is 2.00 bits per heavy atom. The molecule has 5 heteroatoms. The molecular formula is C13H15NO4. The number of carboxylic acid groups (broad SMARTS) is 1. The van der Waals surface area contributed by atoms with E-state index in [-0.39, 0.29) is 0 Å². The molecule has 1 aromatic rings. The second-order valence-electron chi connectivity index (χ2n) is 4.37. The molecule has 1 N–H and O–H groups in total. The van der Waals surface area contributed by atoms with Crippen molar-refractivity contribution >= 4 is 12.1 Å². The van der Waals surface area contributed by atoms with Crippen LogP contribution in [0.5, 0.6) is 5.75 Å². The van der Waals surface area contributed by atoms with Gasteiger partial charge in [0.15, 0.2) is 0 Å². The van der Waals surface area contributed by atoms with Gasteiger partial charge in [0.05, 0.1) is 0 Å². The molecule has 1 saturated heterocycles. The highest BCUT2D eigenvalue weighted by Crippen LogP contribution is 2.20. The van der Waals surface area contributed by atoms with Crippen molar-refractivity contribution in [3.8, 4) is 5.75 Å². The number of carboxylic acids is 1. The molecular weight excluding hydrogens is 234 g/mol. The fourth-order valence-corrected chi connectivity index (χ4v) is 2.01. The first kappa shape index (κ1) is 12.4. The zero-order chi connectivity index (χ0) is 13.1. The molecule has 18 heavy (non-hydrogen) atoms. The van der Waals surface area contributed by atoms with Gasteiger partial charge in [0.2, 0.25) is 0 Å². The second-order valence-corrected chi connectivity index (χ2v) is 4.37. The molecule has 1 heterocycles. The first-order chi connectivity index (χ1) is 8.58. The van der Waals surface area contributed by atoms with Crippen LogP contribution in [0.2, 0.25) is 0 Å². The van der Waals surface area contributed by atoms with Gasteiger partial charge in [-0.3, -0.25) is 4.90 Å². The minimum Gasteiger partial charge on any atom is -0.480 e. The Labute approximate surface area is 105 Å². The van der Waals surface area contributed by atoms with E-state index in [0.29, 0.717) is 25.1 Å². The number of ether oxygens (including phenoxy) is 1. The van der Waals surface area contributed by atoms with Crippen LogP contribution in [0.15, 0.2) is 24.3 Å². The van der Waals surface area contributed by atoms with E-state index in [4.69, 9.17) is 9.84 Å². The van der Waals surface area contributed by atoms with Crippen LogP contribution < -0.4 is 4.74 Å². The number of benzene rings is 1. The number of rotatable bonds is 2. The number of amides is 1. The molecule has 1 aromatic carbocycles. The van der Waals surface area contributed by atoms with Crippen LogP contribution in [-0.4, -0.2) is 34.7 Å².